The minimum Gasteiger partial charge on any atom is -0.379 e. The number of rotatable bonds is 7. The van der Waals surface area contributed by atoms with Crippen molar-refractivity contribution in [3.63, 3.8) is 0 Å². The fraction of sp³-hybridized carbons (Fsp3) is 0.556. The Balaban J connectivity index is 1.51. The van der Waals surface area contributed by atoms with E-state index in [1.165, 1.54) is 11.3 Å². The molecule has 6 heteroatoms. The molecule has 0 amide bonds. The number of hydrogen-bond acceptors (Lipinski definition) is 5. The van der Waals surface area contributed by atoms with E-state index in [-0.39, 0.29) is 0 Å². The SMILES string of the molecule is Cc1c[nH]c(CCc2cc(NCCN3CCOCC3)nc(C)n2)c1. The second-order valence-electron chi connectivity index (χ2n) is 6.37. The molecule has 24 heavy (non-hydrogen) atoms. The number of hydrogen-bond donors (Lipinski definition) is 2. The first-order valence-corrected chi connectivity index (χ1v) is 8.71. The molecule has 0 saturated carbocycles. The molecule has 1 aliphatic rings. The van der Waals surface area contributed by atoms with Crippen molar-refractivity contribution < 1.29 is 4.74 Å². The van der Waals surface area contributed by atoms with Gasteiger partial charge < -0.3 is 15.0 Å². The van der Waals surface area contributed by atoms with Crippen LogP contribution in [0.15, 0.2) is 18.3 Å². The van der Waals surface area contributed by atoms with Crippen molar-refractivity contribution in [1.29, 1.82) is 0 Å². The first-order chi connectivity index (χ1) is 11.7. The summed E-state index contributed by atoms with van der Waals surface area (Å²) in [7, 11) is 0. The zero-order valence-corrected chi connectivity index (χ0v) is 14.6. The molecule has 0 radical (unpaired) electrons. The van der Waals surface area contributed by atoms with Gasteiger partial charge >= 0.3 is 0 Å². The molecular weight excluding hydrogens is 302 g/mol. The molecule has 2 N–H and O–H groups in total. The topological polar surface area (TPSA) is 66.1 Å². The maximum absolute atomic E-state index is 5.38. The molecule has 1 fully saturated rings. The number of H-pyrrole nitrogens is 1. The Morgan fingerprint density at radius 2 is 2.00 bits per heavy atom. The Morgan fingerprint density at radius 3 is 2.75 bits per heavy atom. The third-order valence-corrected chi connectivity index (χ3v) is 4.27. The zero-order valence-electron chi connectivity index (χ0n) is 14.6. The number of ether oxygens (including phenoxy) is 1. The Labute approximate surface area is 143 Å². The minimum absolute atomic E-state index is 0.823. The van der Waals surface area contributed by atoms with Gasteiger partial charge in [0, 0.05) is 49.8 Å². The van der Waals surface area contributed by atoms with Crippen molar-refractivity contribution in [2.24, 2.45) is 0 Å². The summed E-state index contributed by atoms with van der Waals surface area (Å²) in [6.07, 6.45) is 3.93. The summed E-state index contributed by atoms with van der Waals surface area (Å²) < 4.78 is 5.38. The Hall–Kier alpha value is -1.92. The fourth-order valence-corrected chi connectivity index (χ4v) is 2.99. The van der Waals surface area contributed by atoms with Crippen molar-refractivity contribution in [3.8, 4) is 0 Å². The van der Waals surface area contributed by atoms with E-state index in [1.54, 1.807) is 0 Å². The molecule has 3 rings (SSSR count). The molecule has 0 unspecified atom stereocenters. The monoisotopic (exact) mass is 329 g/mol. The number of nitrogens with one attached hydrogen (secondary N) is 2. The summed E-state index contributed by atoms with van der Waals surface area (Å²) in [5, 5.41) is 3.43. The normalized spacial score (nSPS) is 15.6. The lowest BCUT2D eigenvalue weighted by atomic mass is 10.2. The largest absolute Gasteiger partial charge is 0.379 e. The van der Waals surface area contributed by atoms with Crippen LogP contribution >= 0.6 is 0 Å². The zero-order chi connectivity index (χ0) is 16.8. The Bertz CT molecular complexity index is 649. The molecule has 0 aliphatic carbocycles. The Kier molecular flexibility index (Phi) is 5.82. The van der Waals surface area contributed by atoms with Crippen LogP contribution in [0.4, 0.5) is 5.82 Å². The number of nitrogens with zero attached hydrogens (tertiary/aromatic N) is 3. The van der Waals surface area contributed by atoms with Gasteiger partial charge in [-0.15, -0.1) is 0 Å². The molecule has 2 aromatic heterocycles. The van der Waals surface area contributed by atoms with Crippen LogP contribution in [0.3, 0.4) is 0 Å². The molecule has 0 atom stereocenters. The van der Waals surface area contributed by atoms with Gasteiger partial charge in [0.15, 0.2) is 0 Å². The standard InChI is InChI=1S/C18H27N5O/c1-14-11-16(20-13-14)3-4-17-12-18(22-15(2)21-17)19-5-6-23-7-9-24-10-8-23/h11-13,20H,3-10H2,1-2H3,(H,19,21,22). The summed E-state index contributed by atoms with van der Waals surface area (Å²) >= 11 is 0. The number of morpholine rings is 1. The van der Waals surface area contributed by atoms with Gasteiger partial charge in [-0.25, -0.2) is 9.97 Å². The van der Waals surface area contributed by atoms with Crippen molar-refractivity contribution in [2.45, 2.75) is 26.7 Å². The highest BCUT2D eigenvalue weighted by atomic mass is 16.5. The number of aromatic nitrogens is 3. The van der Waals surface area contributed by atoms with Gasteiger partial charge in [-0.3, -0.25) is 4.90 Å². The van der Waals surface area contributed by atoms with E-state index < -0.39 is 0 Å². The van der Waals surface area contributed by atoms with Crippen LogP contribution in [0.2, 0.25) is 0 Å². The van der Waals surface area contributed by atoms with Crippen LogP contribution in [0.5, 0.6) is 0 Å². The smallest absolute Gasteiger partial charge is 0.129 e. The van der Waals surface area contributed by atoms with Gasteiger partial charge in [0.2, 0.25) is 0 Å². The number of aromatic amines is 1. The first-order valence-electron chi connectivity index (χ1n) is 8.71. The lowest BCUT2D eigenvalue weighted by Crippen LogP contribution is -2.39. The van der Waals surface area contributed by atoms with Crippen LogP contribution in [-0.2, 0) is 17.6 Å². The predicted molar refractivity (Wildman–Crippen MR) is 95.5 cm³/mol. The second-order valence-corrected chi connectivity index (χ2v) is 6.37. The fourth-order valence-electron chi connectivity index (χ4n) is 2.99. The van der Waals surface area contributed by atoms with Gasteiger partial charge in [-0.1, -0.05) is 0 Å². The van der Waals surface area contributed by atoms with Gasteiger partial charge in [-0.05, 0) is 38.3 Å². The van der Waals surface area contributed by atoms with E-state index in [1.807, 2.05) is 13.1 Å². The van der Waals surface area contributed by atoms with Crippen LogP contribution in [0.1, 0.15) is 22.8 Å². The predicted octanol–water partition coefficient (Wildman–Crippen LogP) is 1.95. The summed E-state index contributed by atoms with van der Waals surface area (Å²) in [4.78, 5) is 14.8. The van der Waals surface area contributed by atoms with Crippen molar-refractivity contribution >= 4 is 5.82 Å². The van der Waals surface area contributed by atoms with E-state index >= 15 is 0 Å². The molecular formula is C18H27N5O. The average molecular weight is 329 g/mol. The second kappa shape index (κ2) is 8.26. The van der Waals surface area contributed by atoms with Gasteiger partial charge in [0.25, 0.3) is 0 Å². The molecule has 3 heterocycles. The van der Waals surface area contributed by atoms with E-state index in [2.05, 4.69) is 44.2 Å². The molecule has 1 saturated heterocycles. The van der Waals surface area contributed by atoms with Crippen LogP contribution in [0.25, 0.3) is 0 Å². The number of anilines is 1. The van der Waals surface area contributed by atoms with Gasteiger partial charge in [0.1, 0.15) is 11.6 Å². The summed E-state index contributed by atoms with van der Waals surface area (Å²) in [6.45, 7) is 9.69. The van der Waals surface area contributed by atoms with E-state index in [9.17, 15) is 0 Å². The lowest BCUT2D eigenvalue weighted by Gasteiger charge is -2.26. The highest BCUT2D eigenvalue weighted by Gasteiger charge is 2.10. The lowest BCUT2D eigenvalue weighted by molar-refractivity contribution is 0.0398. The van der Waals surface area contributed by atoms with Gasteiger partial charge in [-0.2, -0.15) is 0 Å². The van der Waals surface area contributed by atoms with Crippen LogP contribution in [-0.4, -0.2) is 59.2 Å². The maximum atomic E-state index is 5.38. The maximum Gasteiger partial charge on any atom is 0.129 e. The molecule has 1 aliphatic heterocycles. The van der Waals surface area contributed by atoms with Crippen molar-refractivity contribution in [1.82, 2.24) is 19.9 Å². The molecule has 130 valence electrons. The molecule has 0 aromatic carbocycles. The molecule has 0 spiro atoms. The van der Waals surface area contributed by atoms with Gasteiger partial charge in [0.05, 0.1) is 13.2 Å². The molecule has 0 bridgehead atoms. The van der Waals surface area contributed by atoms with Crippen molar-refractivity contribution in [3.05, 3.63) is 41.1 Å². The highest BCUT2D eigenvalue weighted by Crippen LogP contribution is 2.11. The van der Waals surface area contributed by atoms with E-state index in [0.717, 1.165) is 69.6 Å². The number of aryl methyl sites for hydroxylation is 4. The summed E-state index contributed by atoms with van der Waals surface area (Å²) in [5.74, 6) is 1.75. The molecule has 6 nitrogen and oxygen atoms in total. The van der Waals surface area contributed by atoms with Crippen molar-refractivity contribution in [2.75, 3.05) is 44.7 Å². The highest BCUT2D eigenvalue weighted by molar-refractivity contribution is 5.36. The molecule has 2 aromatic rings. The quantitative estimate of drug-likeness (QED) is 0.813. The third kappa shape index (κ3) is 5.04. The van der Waals surface area contributed by atoms with Crippen LogP contribution < -0.4 is 5.32 Å². The minimum atomic E-state index is 0.823. The van der Waals surface area contributed by atoms with Crippen LogP contribution in [0, 0.1) is 13.8 Å². The summed E-state index contributed by atoms with van der Waals surface area (Å²) in [5.41, 5.74) is 3.61. The van der Waals surface area contributed by atoms with E-state index in [4.69, 9.17) is 4.74 Å². The average Bonchev–Trinajstić information content (AvgIpc) is 2.99. The Morgan fingerprint density at radius 1 is 1.17 bits per heavy atom. The van der Waals surface area contributed by atoms with E-state index in [0.29, 0.717) is 0 Å². The first kappa shape index (κ1) is 16.9. The summed E-state index contributed by atoms with van der Waals surface area (Å²) in [6, 6.07) is 4.26. The third-order valence-electron chi connectivity index (χ3n) is 4.27.